The number of piperazine rings is 1. The molecule has 4 aromatic carbocycles. The molecule has 0 spiro atoms. The number of hydrazine groups is 1. The van der Waals surface area contributed by atoms with Crippen molar-refractivity contribution in [3.63, 3.8) is 0 Å². The van der Waals surface area contributed by atoms with Crippen LogP contribution in [0, 0.1) is 10.1 Å². The lowest BCUT2D eigenvalue weighted by Crippen LogP contribution is -2.62. The Labute approximate surface area is 320 Å². The summed E-state index contributed by atoms with van der Waals surface area (Å²) in [5.41, 5.74) is 8.56. The second-order valence-corrected chi connectivity index (χ2v) is 16.6. The van der Waals surface area contributed by atoms with Gasteiger partial charge >= 0.3 is 0 Å². The van der Waals surface area contributed by atoms with Crippen molar-refractivity contribution < 1.29 is 13.3 Å². The number of aromatic nitrogens is 1. The van der Waals surface area contributed by atoms with E-state index >= 15 is 0 Å². The molecule has 2 atom stereocenters. The topological polar surface area (TPSA) is 116 Å². The summed E-state index contributed by atoms with van der Waals surface area (Å²) < 4.78 is 28.9. The van der Waals surface area contributed by atoms with Gasteiger partial charge in [-0.05, 0) is 67.7 Å². The average Bonchev–Trinajstić information content (AvgIpc) is 3.56. The maximum Gasteiger partial charge on any atom is 0.270 e. The zero-order valence-corrected chi connectivity index (χ0v) is 32.3. The second kappa shape index (κ2) is 17.3. The number of benzene rings is 4. The number of hydrogen-bond donors (Lipinski definition) is 2. The predicted molar refractivity (Wildman–Crippen MR) is 215 cm³/mol. The summed E-state index contributed by atoms with van der Waals surface area (Å²) >= 11 is 7.83. The van der Waals surface area contributed by atoms with Gasteiger partial charge in [-0.3, -0.25) is 15.0 Å². The standard InChI is InChI=1S/C39H44ClN7O4S2/c1-43(2)27-39(38(28-52-34-12-5-4-6-13-34)41-42-53(50,51)35-14-8-11-33(24-35)47(48)49)46-21-19-45(20-22-46)32-10-7-9-30(23-32)37-26-44(3)25-36(37)29-15-17-31(40)18-16-29/h4-18,23-26,38-39,41-42H,19-22,27-28H2,1-3H3/t38-,39+/m0/s1. The minimum absolute atomic E-state index is 0.0613. The van der Waals surface area contributed by atoms with Gasteiger partial charge in [-0.1, -0.05) is 60.1 Å². The Bertz CT molecular complexity index is 2110. The first-order valence-electron chi connectivity index (χ1n) is 17.3. The Hall–Kier alpha value is -4.21. The highest BCUT2D eigenvalue weighted by molar-refractivity contribution is 7.99. The summed E-state index contributed by atoms with van der Waals surface area (Å²) in [5.74, 6) is 0.579. The lowest BCUT2D eigenvalue weighted by Gasteiger charge is -2.44. The molecule has 2 N–H and O–H groups in total. The molecule has 0 unspecified atom stereocenters. The molecular weight excluding hydrogens is 730 g/mol. The normalized spacial score (nSPS) is 15.1. The summed E-state index contributed by atoms with van der Waals surface area (Å²) in [4.78, 5) is 21.2. The van der Waals surface area contributed by atoms with E-state index in [2.05, 4.69) is 66.2 Å². The molecule has 1 aromatic heterocycles. The Morgan fingerprint density at radius 1 is 0.868 bits per heavy atom. The molecule has 278 valence electrons. The van der Waals surface area contributed by atoms with Crippen molar-refractivity contribution in [2.45, 2.75) is 21.9 Å². The van der Waals surface area contributed by atoms with E-state index in [0.29, 0.717) is 17.3 Å². The number of nitro benzene ring substituents is 1. The number of sulfonamides is 1. The van der Waals surface area contributed by atoms with Crippen molar-refractivity contribution >= 4 is 44.8 Å². The smallest absolute Gasteiger partial charge is 0.270 e. The molecule has 1 fully saturated rings. The molecule has 0 bridgehead atoms. The van der Waals surface area contributed by atoms with Crippen molar-refractivity contribution in [3.05, 3.63) is 131 Å². The van der Waals surface area contributed by atoms with Gasteiger partial charge in [0.15, 0.2) is 0 Å². The Morgan fingerprint density at radius 2 is 1.55 bits per heavy atom. The number of non-ortho nitro benzene ring substituents is 1. The van der Waals surface area contributed by atoms with Crippen LogP contribution in [0.3, 0.4) is 0 Å². The number of thioether (sulfide) groups is 1. The molecular formula is C39H44ClN7O4S2. The molecule has 1 saturated heterocycles. The van der Waals surface area contributed by atoms with Gasteiger partial charge in [0, 0.05) is 109 Å². The van der Waals surface area contributed by atoms with Crippen LogP contribution in [0.2, 0.25) is 5.02 Å². The van der Waals surface area contributed by atoms with Crippen LogP contribution >= 0.6 is 23.4 Å². The van der Waals surface area contributed by atoms with E-state index < -0.39 is 14.9 Å². The predicted octanol–water partition coefficient (Wildman–Crippen LogP) is 6.62. The number of rotatable bonds is 15. The number of nitrogens with one attached hydrogen (secondary N) is 2. The zero-order valence-electron chi connectivity index (χ0n) is 29.9. The van der Waals surface area contributed by atoms with E-state index in [1.54, 1.807) is 11.8 Å². The van der Waals surface area contributed by atoms with Crippen LogP contribution in [0.25, 0.3) is 22.3 Å². The number of nitro groups is 1. The molecule has 0 saturated carbocycles. The highest BCUT2D eigenvalue weighted by Crippen LogP contribution is 2.35. The van der Waals surface area contributed by atoms with E-state index in [1.807, 2.05) is 75.7 Å². The van der Waals surface area contributed by atoms with E-state index in [1.165, 1.54) is 18.2 Å². The van der Waals surface area contributed by atoms with Crippen molar-refractivity contribution in [2.24, 2.45) is 7.05 Å². The van der Waals surface area contributed by atoms with E-state index in [4.69, 9.17) is 11.6 Å². The molecule has 11 nitrogen and oxygen atoms in total. The molecule has 5 aromatic rings. The van der Waals surface area contributed by atoms with Crippen LogP contribution in [-0.2, 0) is 17.1 Å². The lowest BCUT2D eigenvalue weighted by molar-refractivity contribution is -0.385. The lowest BCUT2D eigenvalue weighted by atomic mass is 9.98. The molecule has 0 aliphatic carbocycles. The van der Waals surface area contributed by atoms with Gasteiger partial charge in [0.1, 0.15) is 0 Å². The number of nitrogens with zero attached hydrogens (tertiary/aromatic N) is 5. The van der Waals surface area contributed by atoms with Crippen LogP contribution in [0.5, 0.6) is 0 Å². The first-order valence-corrected chi connectivity index (χ1v) is 20.2. The summed E-state index contributed by atoms with van der Waals surface area (Å²) in [6.45, 7) is 3.82. The van der Waals surface area contributed by atoms with Crippen LogP contribution in [0.1, 0.15) is 0 Å². The van der Waals surface area contributed by atoms with Gasteiger partial charge in [-0.25, -0.2) is 13.8 Å². The minimum Gasteiger partial charge on any atom is -0.369 e. The second-order valence-electron chi connectivity index (χ2n) is 13.4. The van der Waals surface area contributed by atoms with E-state index in [9.17, 15) is 18.5 Å². The van der Waals surface area contributed by atoms with E-state index in [-0.39, 0.29) is 22.7 Å². The number of halogens is 1. The molecule has 53 heavy (non-hydrogen) atoms. The fourth-order valence-corrected chi connectivity index (χ4v) is 8.77. The monoisotopic (exact) mass is 773 g/mol. The molecule has 2 heterocycles. The third-order valence-corrected chi connectivity index (χ3v) is 12.0. The summed E-state index contributed by atoms with van der Waals surface area (Å²) in [6.07, 6.45) is 4.29. The first-order chi connectivity index (χ1) is 25.5. The Balaban J connectivity index is 1.20. The maximum absolute atomic E-state index is 13.4. The highest BCUT2D eigenvalue weighted by atomic mass is 35.5. The van der Waals surface area contributed by atoms with Crippen molar-refractivity contribution in [2.75, 3.05) is 57.5 Å². The van der Waals surface area contributed by atoms with E-state index in [0.717, 1.165) is 65.1 Å². The number of aryl methyl sites for hydroxylation is 1. The first kappa shape index (κ1) is 38.5. The Kier molecular flexibility index (Phi) is 12.6. The van der Waals surface area contributed by atoms with Gasteiger partial charge < -0.3 is 14.4 Å². The highest BCUT2D eigenvalue weighted by Gasteiger charge is 2.32. The molecule has 6 rings (SSSR count). The minimum atomic E-state index is -4.10. The summed E-state index contributed by atoms with van der Waals surface area (Å²) in [5, 5.41) is 12.1. The SMILES string of the molecule is CN(C)C[C@H]([C@H](CSc1ccccc1)NNS(=O)(=O)c1cccc([N+](=O)[O-])c1)N1CCN(c2cccc(-c3cn(C)cc3-c3ccc(Cl)cc3)c2)CC1. The largest absolute Gasteiger partial charge is 0.369 e. The number of anilines is 1. The maximum atomic E-state index is 13.4. The van der Waals surface area contributed by atoms with Gasteiger partial charge in [0.2, 0.25) is 0 Å². The van der Waals surface area contributed by atoms with Gasteiger partial charge in [0.05, 0.1) is 9.82 Å². The fourth-order valence-electron chi connectivity index (χ4n) is 6.65. The molecule has 0 amide bonds. The molecule has 1 aliphatic heterocycles. The quantitative estimate of drug-likeness (QED) is 0.0689. The summed E-state index contributed by atoms with van der Waals surface area (Å²) in [6, 6.07) is 31.3. The number of hydrogen-bond acceptors (Lipinski definition) is 9. The van der Waals surface area contributed by atoms with Gasteiger partial charge in [-0.15, -0.1) is 16.6 Å². The van der Waals surface area contributed by atoms with Crippen molar-refractivity contribution in [1.82, 2.24) is 24.6 Å². The van der Waals surface area contributed by atoms with Crippen molar-refractivity contribution in [3.8, 4) is 22.3 Å². The third-order valence-electron chi connectivity index (χ3n) is 9.32. The van der Waals surface area contributed by atoms with Crippen LogP contribution in [-0.4, -0.2) is 92.4 Å². The van der Waals surface area contributed by atoms with Gasteiger partial charge in [-0.2, -0.15) is 0 Å². The van der Waals surface area contributed by atoms with Crippen LogP contribution in [0.15, 0.2) is 125 Å². The number of likely N-dealkylation sites (N-methyl/N-ethyl adjacent to an activating group) is 1. The van der Waals surface area contributed by atoms with Crippen molar-refractivity contribution in [1.29, 1.82) is 0 Å². The molecule has 14 heteroatoms. The average molecular weight is 774 g/mol. The third kappa shape index (κ3) is 9.86. The molecule has 1 aliphatic rings. The van der Waals surface area contributed by atoms with Crippen LogP contribution < -0.4 is 15.2 Å². The fraction of sp³-hybridized carbons (Fsp3) is 0.282. The molecule has 0 radical (unpaired) electrons. The zero-order chi connectivity index (χ0) is 37.5. The summed E-state index contributed by atoms with van der Waals surface area (Å²) in [7, 11) is 1.97. The Morgan fingerprint density at radius 3 is 2.23 bits per heavy atom. The van der Waals surface area contributed by atoms with Gasteiger partial charge in [0.25, 0.3) is 15.7 Å². The van der Waals surface area contributed by atoms with Crippen LogP contribution in [0.4, 0.5) is 11.4 Å².